The summed E-state index contributed by atoms with van der Waals surface area (Å²) < 4.78 is 43.5. The van der Waals surface area contributed by atoms with Gasteiger partial charge in [-0.05, 0) is 52.5 Å². The summed E-state index contributed by atoms with van der Waals surface area (Å²) >= 11 is 0. The summed E-state index contributed by atoms with van der Waals surface area (Å²) in [6.45, 7) is 8.26. The quantitative estimate of drug-likeness (QED) is 0.780. The van der Waals surface area contributed by atoms with Crippen molar-refractivity contribution in [3.05, 3.63) is 17.8 Å². The number of pyridine rings is 1. The number of hydrogen-bond acceptors (Lipinski definition) is 4. The standard InChI is InChI=1S/C16H22BF2NO3/c1-15(2)16(3,4)23-17(22-15)11-7-8-12(13(18)19)20-14(11)21-9-10-5-6-10/h7-8,10,13H,5-6,9H2,1-4H3. The largest absolute Gasteiger partial charge is 0.500 e. The molecule has 0 atom stereocenters. The molecule has 0 aromatic carbocycles. The molecule has 0 unspecified atom stereocenters. The molecule has 2 aliphatic rings. The van der Waals surface area contributed by atoms with Crippen molar-refractivity contribution in [2.24, 2.45) is 5.92 Å². The number of rotatable bonds is 5. The van der Waals surface area contributed by atoms with Crippen molar-refractivity contribution < 1.29 is 22.8 Å². The smallest absolute Gasteiger partial charge is 0.478 e. The van der Waals surface area contributed by atoms with Gasteiger partial charge in [0.1, 0.15) is 5.69 Å². The average molecular weight is 325 g/mol. The second-order valence-electron chi connectivity index (χ2n) is 7.27. The van der Waals surface area contributed by atoms with Crippen LogP contribution in [0.25, 0.3) is 0 Å². The summed E-state index contributed by atoms with van der Waals surface area (Å²) in [7, 11) is -0.673. The van der Waals surface area contributed by atoms with E-state index in [2.05, 4.69) is 4.98 Å². The van der Waals surface area contributed by atoms with Crippen molar-refractivity contribution in [2.75, 3.05) is 6.61 Å². The molecule has 0 radical (unpaired) electrons. The normalized spacial score (nSPS) is 22.7. The molecule has 126 valence electrons. The molecule has 1 aliphatic heterocycles. The van der Waals surface area contributed by atoms with Crippen LogP contribution in [-0.2, 0) is 9.31 Å². The Morgan fingerprint density at radius 1 is 1.22 bits per heavy atom. The van der Waals surface area contributed by atoms with Gasteiger partial charge in [0.25, 0.3) is 6.43 Å². The van der Waals surface area contributed by atoms with Crippen LogP contribution >= 0.6 is 0 Å². The molecular formula is C16H22BF2NO3. The molecule has 0 bridgehead atoms. The highest BCUT2D eigenvalue weighted by Gasteiger charge is 2.52. The summed E-state index contributed by atoms with van der Waals surface area (Å²) in [6, 6.07) is 2.87. The Morgan fingerprint density at radius 3 is 2.35 bits per heavy atom. The van der Waals surface area contributed by atoms with E-state index in [1.54, 1.807) is 6.07 Å². The number of aromatic nitrogens is 1. The summed E-state index contributed by atoms with van der Waals surface area (Å²) in [5, 5.41) is 0. The van der Waals surface area contributed by atoms with Crippen molar-refractivity contribution in [1.82, 2.24) is 4.98 Å². The van der Waals surface area contributed by atoms with Gasteiger partial charge in [-0.1, -0.05) is 6.07 Å². The van der Waals surface area contributed by atoms with Gasteiger partial charge in [-0.25, -0.2) is 13.8 Å². The van der Waals surface area contributed by atoms with E-state index in [-0.39, 0.29) is 11.6 Å². The lowest BCUT2D eigenvalue weighted by atomic mass is 9.79. The number of nitrogens with zero attached hydrogens (tertiary/aromatic N) is 1. The van der Waals surface area contributed by atoms with Gasteiger partial charge >= 0.3 is 7.12 Å². The molecule has 23 heavy (non-hydrogen) atoms. The fourth-order valence-corrected chi connectivity index (χ4v) is 2.33. The van der Waals surface area contributed by atoms with Crippen LogP contribution in [0.1, 0.15) is 52.7 Å². The lowest BCUT2D eigenvalue weighted by molar-refractivity contribution is 0.00578. The van der Waals surface area contributed by atoms with E-state index in [1.165, 1.54) is 6.07 Å². The monoisotopic (exact) mass is 325 g/mol. The first-order valence-corrected chi connectivity index (χ1v) is 7.97. The second kappa shape index (κ2) is 5.70. The van der Waals surface area contributed by atoms with Gasteiger partial charge in [-0.3, -0.25) is 0 Å². The molecule has 0 N–H and O–H groups in total. The minimum absolute atomic E-state index is 0.188. The molecule has 3 rings (SSSR count). The molecule has 1 aromatic heterocycles. The summed E-state index contributed by atoms with van der Waals surface area (Å²) in [6.07, 6.45) is -0.411. The van der Waals surface area contributed by atoms with Crippen LogP contribution in [0.5, 0.6) is 5.88 Å². The first-order valence-electron chi connectivity index (χ1n) is 7.97. The topological polar surface area (TPSA) is 40.6 Å². The Kier molecular flexibility index (Phi) is 4.13. The Hall–Kier alpha value is -1.21. The Morgan fingerprint density at radius 2 is 1.83 bits per heavy atom. The SMILES string of the molecule is CC1(C)OB(c2ccc(C(F)F)nc2OCC2CC2)OC1(C)C. The van der Waals surface area contributed by atoms with Crippen molar-refractivity contribution in [3.63, 3.8) is 0 Å². The van der Waals surface area contributed by atoms with Gasteiger partial charge in [-0.2, -0.15) is 0 Å². The maximum atomic E-state index is 12.9. The highest BCUT2D eigenvalue weighted by atomic mass is 19.3. The third-order valence-corrected chi connectivity index (χ3v) is 4.79. The summed E-state index contributed by atoms with van der Waals surface area (Å²) in [5.74, 6) is 0.686. The van der Waals surface area contributed by atoms with E-state index in [4.69, 9.17) is 14.0 Å². The van der Waals surface area contributed by atoms with Crippen LogP contribution in [0.15, 0.2) is 12.1 Å². The zero-order valence-electron chi connectivity index (χ0n) is 13.9. The maximum absolute atomic E-state index is 12.9. The van der Waals surface area contributed by atoms with Gasteiger partial charge in [0, 0.05) is 5.46 Å². The van der Waals surface area contributed by atoms with Gasteiger partial charge in [0.15, 0.2) is 0 Å². The minimum Gasteiger partial charge on any atom is -0.478 e. The number of ether oxygens (including phenoxy) is 1. The Bertz CT molecular complexity index is 575. The third-order valence-electron chi connectivity index (χ3n) is 4.79. The zero-order chi connectivity index (χ0) is 16.8. The van der Waals surface area contributed by atoms with Gasteiger partial charge in [0.2, 0.25) is 5.88 Å². The Labute approximate surface area is 135 Å². The molecule has 0 spiro atoms. The maximum Gasteiger partial charge on any atom is 0.500 e. The third kappa shape index (κ3) is 3.35. The van der Waals surface area contributed by atoms with E-state index >= 15 is 0 Å². The highest BCUT2D eigenvalue weighted by Crippen LogP contribution is 2.37. The van der Waals surface area contributed by atoms with Crippen LogP contribution in [0, 0.1) is 5.92 Å². The van der Waals surface area contributed by atoms with Crippen molar-refractivity contribution >= 4 is 12.6 Å². The van der Waals surface area contributed by atoms with E-state index in [0.717, 1.165) is 12.8 Å². The lowest BCUT2D eigenvalue weighted by Gasteiger charge is -2.32. The van der Waals surface area contributed by atoms with Crippen molar-refractivity contribution in [3.8, 4) is 5.88 Å². The molecule has 1 saturated carbocycles. The van der Waals surface area contributed by atoms with Crippen LogP contribution in [-0.4, -0.2) is 29.9 Å². The fourth-order valence-electron chi connectivity index (χ4n) is 2.33. The molecule has 7 heteroatoms. The predicted octanol–water partition coefficient (Wildman–Crippen LogP) is 3.11. The van der Waals surface area contributed by atoms with Crippen LogP contribution in [0.4, 0.5) is 8.78 Å². The fraction of sp³-hybridized carbons (Fsp3) is 0.688. The number of halogens is 2. The molecule has 0 amide bonds. The van der Waals surface area contributed by atoms with Gasteiger partial charge in [-0.15, -0.1) is 0 Å². The first-order chi connectivity index (χ1) is 10.7. The molecule has 4 nitrogen and oxygen atoms in total. The second-order valence-corrected chi connectivity index (χ2v) is 7.27. The number of alkyl halides is 2. The minimum atomic E-state index is -2.63. The zero-order valence-corrected chi connectivity index (χ0v) is 13.9. The average Bonchev–Trinajstić information content (AvgIpc) is 3.24. The molecule has 1 aliphatic carbocycles. The van der Waals surface area contributed by atoms with E-state index in [1.807, 2.05) is 27.7 Å². The molecule has 1 aromatic rings. The predicted molar refractivity (Wildman–Crippen MR) is 83.1 cm³/mol. The molecule has 2 fully saturated rings. The van der Waals surface area contributed by atoms with Crippen molar-refractivity contribution in [1.29, 1.82) is 0 Å². The van der Waals surface area contributed by atoms with Crippen LogP contribution in [0.2, 0.25) is 0 Å². The van der Waals surface area contributed by atoms with E-state index in [0.29, 0.717) is 18.0 Å². The lowest BCUT2D eigenvalue weighted by Crippen LogP contribution is -2.41. The summed E-state index contributed by atoms with van der Waals surface area (Å²) in [4.78, 5) is 3.98. The highest BCUT2D eigenvalue weighted by molar-refractivity contribution is 6.63. The molecule has 1 saturated heterocycles. The first kappa shape index (κ1) is 16.6. The van der Waals surface area contributed by atoms with Crippen LogP contribution in [0.3, 0.4) is 0 Å². The van der Waals surface area contributed by atoms with Crippen LogP contribution < -0.4 is 10.2 Å². The molecule has 2 heterocycles. The van der Waals surface area contributed by atoms with E-state index in [9.17, 15) is 8.78 Å². The molecular weight excluding hydrogens is 303 g/mol. The van der Waals surface area contributed by atoms with E-state index < -0.39 is 24.7 Å². The van der Waals surface area contributed by atoms with Crippen molar-refractivity contribution in [2.45, 2.75) is 58.2 Å². The van der Waals surface area contributed by atoms with Gasteiger partial charge < -0.3 is 14.0 Å². The van der Waals surface area contributed by atoms with Gasteiger partial charge in [0.05, 0.1) is 17.8 Å². The summed E-state index contributed by atoms with van der Waals surface area (Å²) in [5.41, 5.74) is -0.746. The Balaban J connectivity index is 1.88. The number of hydrogen-bond donors (Lipinski definition) is 0.